The summed E-state index contributed by atoms with van der Waals surface area (Å²) in [6.07, 6.45) is 1.31. The van der Waals surface area contributed by atoms with Gasteiger partial charge < -0.3 is 10.2 Å². The Kier molecular flexibility index (Phi) is 3.36. The van der Waals surface area contributed by atoms with Crippen LogP contribution < -0.4 is 5.73 Å². The molecule has 3 heteroatoms. The predicted molar refractivity (Wildman–Crippen MR) is 65.0 cm³/mol. The first-order valence-corrected chi connectivity index (χ1v) is 6.12. The van der Waals surface area contributed by atoms with Gasteiger partial charge in [0.1, 0.15) is 11.5 Å². The fourth-order valence-electron chi connectivity index (χ4n) is 2.67. The smallest absolute Gasteiger partial charge is 0.118 e. The lowest BCUT2D eigenvalue weighted by Crippen LogP contribution is -2.26. The predicted octanol–water partition coefficient (Wildman–Crippen LogP) is 2.28. The van der Waals surface area contributed by atoms with Crippen LogP contribution >= 0.6 is 0 Å². The molecule has 0 aliphatic carbocycles. The maximum Gasteiger partial charge on any atom is 0.118 e. The van der Waals surface area contributed by atoms with Crippen LogP contribution in [0.25, 0.3) is 0 Å². The first-order chi connectivity index (χ1) is 7.60. The van der Waals surface area contributed by atoms with Crippen molar-refractivity contribution in [2.45, 2.75) is 46.3 Å². The minimum absolute atomic E-state index is 0.493. The topological polar surface area (TPSA) is 42.4 Å². The molecule has 2 heterocycles. The normalized spacial score (nSPS) is 26.5. The van der Waals surface area contributed by atoms with E-state index in [9.17, 15) is 0 Å². The third-order valence-electron chi connectivity index (χ3n) is 3.56. The van der Waals surface area contributed by atoms with E-state index >= 15 is 0 Å². The highest BCUT2D eigenvalue weighted by atomic mass is 16.3. The molecule has 1 aromatic heterocycles. The van der Waals surface area contributed by atoms with E-state index in [1.165, 1.54) is 18.5 Å². The molecule has 0 spiro atoms. The van der Waals surface area contributed by atoms with E-state index in [1.807, 2.05) is 6.92 Å². The fraction of sp³-hybridized carbons (Fsp3) is 0.692. The average Bonchev–Trinajstić information content (AvgIpc) is 2.72. The molecule has 0 radical (unpaired) electrons. The van der Waals surface area contributed by atoms with E-state index in [-0.39, 0.29) is 0 Å². The molecule has 16 heavy (non-hydrogen) atoms. The van der Waals surface area contributed by atoms with Crippen LogP contribution in [0.1, 0.15) is 37.4 Å². The number of furan rings is 1. The van der Waals surface area contributed by atoms with Crippen molar-refractivity contribution in [1.29, 1.82) is 0 Å². The summed E-state index contributed by atoms with van der Waals surface area (Å²) in [6.45, 7) is 9.35. The van der Waals surface area contributed by atoms with E-state index in [0.717, 1.165) is 24.0 Å². The number of likely N-dealkylation sites (tertiary alicyclic amines) is 1. The molecule has 1 saturated heterocycles. The quantitative estimate of drug-likeness (QED) is 0.853. The van der Waals surface area contributed by atoms with Crippen molar-refractivity contribution in [3.05, 3.63) is 23.2 Å². The van der Waals surface area contributed by atoms with Gasteiger partial charge in [-0.25, -0.2) is 0 Å². The summed E-state index contributed by atoms with van der Waals surface area (Å²) in [5, 5.41) is 0. The fourth-order valence-corrected chi connectivity index (χ4v) is 2.67. The van der Waals surface area contributed by atoms with Gasteiger partial charge in [0.25, 0.3) is 0 Å². The summed E-state index contributed by atoms with van der Waals surface area (Å²) in [6, 6.07) is 2.79. The Morgan fingerprint density at radius 1 is 1.50 bits per heavy atom. The zero-order chi connectivity index (χ0) is 11.7. The van der Waals surface area contributed by atoms with Gasteiger partial charge in [-0.15, -0.1) is 0 Å². The van der Waals surface area contributed by atoms with Crippen molar-refractivity contribution in [2.75, 3.05) is 6.54 Å². The number of hydrogen-bond donors (Lipinski definition) is 1. The second-order valence-electron chi connectivity index (χ2n) is 5.12. The minimum Gasteiger partial charge on any atom is -0.465 e. The van der Waals surface area contributed by atoms with Gasteiger partial charge in [-0.3, -0.25) is 4.90 Å². The summed E-state index contributed by atoms with van der Waals surface area (Å²) < 4.78 is 5.58. The lowest BCUT2D eigenvalue weighted by molar-refractivity contribution is 0.255. The van der Waals surface area contributed by atoms with Gasteiger partial charge in [-0.1, -0.05) is 6.92 Å². The van der Waals surface area contributed by atoms with Crippen LogP contribution in [0.3, 0.4) is 0 Å². The van der Waals surface area contributed by atoms with Crippen molar-refractivity contribution >= 4 is 0 Å². The Balaban J connectivity index is 2.05. The number of hydrogen-bond acceptors (Lipinski definition) is 3. The molecule has 1 aliphatic heterocycles. The first-order valence-electron chi connectivity index (χ1n) is 6.12. The van der Waals surface area contributed by atoms with E-state index in [4.69, 9.17) is 10.2 Å². The van der Waals surface area contributed by atoms with Crippen LogP contribution in [-0.2, 0) is 13.1 Å². The number of nitrogens with two attached hydrogens (primary N) is 1. The number of aryl methyl sites for hydroxylation is 1. The maximum atomic E-state index is 5.58. The molecule has 1 aromatic rings. The van der Waals surface area contributed by atoms with Crippen LogP contribution in [0.5, 0.6) is 0 Å². The molecule has 0 bridgehead atoms. The van der Waals surface area contributed by atoms with Gasteiger partial charge in [0.05, 0.1) is 6.54 Å². The lowest BCUT2D eigenvalue weighted by atomic mass is 10.1. The zero-order valence-electron chi connectivity index (χ0n) is 10.5. The number of rotatable bonds is 3. The van der Waals surface area contributed by atoms with Crippen LogP contribution in [-0.4, -0.2) is 17.5 Å². The maximum absolute atomic E-state index is 5.58. The van der Waals surface area contributed by atoms with Gasteiger partial charge in [0, 0.05) is 24.7 Å². The Morgan fingerprint density at radius 3 is 2.75 bits per heavy atom. The molecular formula is C13H22N2O. The standard InChI is InChI=1S/C13H22N2O/c1-9-4-10(2)15(7-9)8-12-5-13(6-14)16-11(12)3/h5,9-10H,4,6-8,14H2,1-3H3. The third kappa shape index (κ3) is 2.30. The summed E-state index contributed by atoms with van der Waals surface area (Å²) in [5.41, 5.74) is 6.88. The molecule has 3 nitrogen and oxygen atoms in total. The minimum atomic E-state index is 0.493. The molecule has 0 aromatic carbocycles. The molecule has 90 valence electrons. The summed E-state index contributed by atoms with van der Waals surface area (Å²) in [5.74, 6) is 2.73. The monoisotopic (exact) mass is 222 g/mol. The first kappa shape index (κ1) is 11.7. The molecule has 2 atom stereocenters. The van der Waals surface area contributed by atoms with Crippen LogP contribution in [0.15, 0.2) is 10.5 Å². The van der Waals surface area contributed by atoms with Crippen molar-refractivity contribution in [1.82, 2.24) is 4.90 Å². The molecule has 2 rings (SSSR count). The second kappa shape index (κ2) is 4.60. The molecule has 0 saturated carbocycles. The summed E-state index contributed by atoms with van der Waals surface area (Å²) in [4.78, 5) is 2.53. The van der Waals surface area contributed by atoms with E-state index in [1.54, 1.807) is 0 Å². The Morgan fingerprint density at radius 2 is 2.25 bits per heavy atom. The zero-order valence-corrected chi connectivity index (χ0v) is 10.5. The molecule has 2 N–H and O–H groups in total. The lowest BCUT2D eigenvalue weighted by Gasteiger charge is -2.20. The van der Waals surface area contributed by atoms with Crippen molar-refractivity contribution in [3.8, 4) is 0 Å². The van der Waals surface area contributed by atoms with Gasteiger partial charge in [0.15, 0.2) is 0 Å². The average molecular weight is 222 g/mol. The summed E-state index contributed by atoms with van der Waals surface area (Å²) in [7, 11) is 0. The highest BCUT2D eigenvalue weighted by Gasteiger charge is 2.26. The Hall–Kier alpha value is -0.800. The van der Waals surface area contributed by atoms with Crippen molar-refractivity contribution < 1.29 is 4.42 Å². The molecule has 0 amide bonds. The van der Waals surface area contributed by atoms with Gasteiger partial charge in [-0.05, 0) is 32.3 Å². The van der Waals surface area contributed by atoms with Crippen molar-refractivity contribution in [3.63, 3.8) is 0 Å². The highest BCUT2D eigenvalue weighted by Crippen LogP contribution is 2.26. The van der Waals surface area contributed by atoms with E-state index in [0.29, 0.717) is 12.6 Å². The van der Waals surface area contributed by atoms with Gasteiger partial charge in [-0.2, -0.15) is 0 Å². The van der Waals surface area contributed by atoms with Gasteiger partial charge in [0.2, 0.25) is 0 Å². The van der Waals surface area contributed by atoms with E-state index < -0.39 is 0 Å². The van der Waals surface area contributed by atoms with E-state index in [2.05, 4.69) is 24.8 Å². The van der Waals surface area contributed by atoms with Crippen LogP contribution in [0.4, 0.5) is 0 Å². The SMILES string of the molecule is Cc1oc(CN)cc1CN1CC(C)CC1C. The van der Waals surface area contributed by atoms with Gasteiger partial charge >= 0.3 is 0 Å². The molecule has 2 unspecified atom stereocenters. The van der Waals surface area contributed by atoms with Crippen LogP contribution in [0.2, 0.25) is 0 Å². The number of nitrogens with zero attached hydrogens (tertiary/aromatic N) is 1. The highest BCUT2D eigenvalue weighted by molar-refractivity contribution is 5.21. The summed E-state index contributed by atoms with van der Waals surface area (Å²) >= 11 is 0. The Labute approximate surface area is 97.6 Å². The second-order valence-corrected chi connectivity index (χ2v) is 5.12. The Bertz CT molecular complexity index is 359. The largest absolute Gasteiger partial charge is 0.465 e. The third-order valence-corrected chi connectivity index (χ3v) is 3.56. The van der Waals surface area contributed by atoms with Crippen molar-refractivity contribution in [2.24, 2.45) is 11.7 Å². The molecular weight excluding hydrogens is 200 g/mol. The molecule has 1 aliphatic rings. The molecule has 1 fully saturated rings. The van der Waals surface area contributed by atoms with Crippen LogP contribution in [0, 0.1) is 12.8 Å².